The molecule has 0 saturated heterocycles. The van der Waals surface area contributed by atoms with Gasteiger partial charge in [-0.15, -0.1) is 0 Å². The molecular formula is C30H28N2O4. The zero-order chi connectivity index (χ0) is 25.2. The van der Waals surface area contributed by atoms with Crippen molar-refractivity contribution in [1.82, 2.24) is 0 Å². The Labute approximate surface area is 210 Å². The summed E-state index contributed by atoms with van der Waals surface area (Å²) in [4.78, 5) is 41.1. The highest BCUT2D eigenvalue weighted by molar-refractivity contribution is 6.06. The Hall–Kier alpha value is -4.19. The molecule has 36 heavy (non-hydrogen) atoms. The van der Waals surface area contributed by atoms with Crippen LogP contribution in [-0.2, 0) is 14.3 Å². The summed E-state index contributed by atoms with van der Waals surface area (Å²) in [5.41, 5.74) is 5.26. The predicted molar refractivity (Wildman–Crippen MR) is 139 cm³/mol. The van der Waals surface area contributed by atoms with Gasteiger partial charge < -0.3 is 10.1 Å². The number of Topliss-reactive ketones (excluding diaryl/α,β-unsaturated/α-hetero) is 1. The molecule has 5 rings (SSSR count). The highest BCUT2D eigenvalue weighted by Crippen LogP contribution is 2.47. The van der Waals surface area contributed by atoms with Crippen LogP contribution in [0.4, 0.5) is 11.4 Å². The molecule has 1 aliphatic heterocycles. The molecule has 0 fully saturated rings. The zero-order valence-corrected chi connectivity index (χ0v) is 20.4. The van der Waals surface area contributed by atoms with Crippen LogP contribution in [0.1, 0.15) is 59.6 Å². The SMILES string of the molecule is CCC(=O)N1c2ccccc2NC2=C(C(=O)C[C@@H](c3ccccc3)C2)[C@H]1c1ccc(C(=O)OC)cc1. The maximum absolute atomic E-state index is 13.9. The molecule has 0 bridgehead atoms. The summed E-state index contributed by atoms with van der Waals surface area (Å²) in [6.07, 6.45) is 1.31. The average molecular weight is 481 g/mol. The van der Waals surface area contributed by atoms with Crippen molar-refractivity contribution in [3.05, 3.63) is 107 Å². The van der Waals surface area contributed by atoms with Crippen LogP contribution in [0.25, 0.3) is 0 Å². The van der Waals surface area contributed by atoms with Gasteiger partial charge in [-0.1, -0.05) is 61.5 Å². The average Bonchev–Trinajstić information content (AvgIpc) is 3.07. The number of fused-ring (bicyclic) bond motifs is 1. The smallest absolute Gasteiger partial charge is 0.337 e. The summed E-state index contributed by atoms with van der Waals surface area (Å²) in [5, 5.41) is 3.53. The third-order valence-electron chi connectivity index (χ3n) is 6.98. The Morgan fingerprint density at radius 1 is 0.917 bits per heavy atom. The van der Waals surface area contributed by atoms with Gasteiger partial charge in [0, 0.05) is 24.1 Å². The lowest BCUT2D eigenvalue weighted by Gasteiger charge is -2.35. The van der Waals surface area contributed by atoms with Crippen LogP contribution in [0.15, 0.2) is 90.1 Å². The fourth-order valence-corrected chi connectivity index (χ4v) is 5.23. The molecule has 1 heterocycles. The molecule has 6 nitrogen and oxygen atoms in total. The number of anilines is 2. The van der Waals surface area contributed by atoms with Crippen molar-refractivity contribution in [3.8, 4) is 0 Å². The van der Waals surface area contributed by atoms with Crippen LogP contribution in [-0.4, -0.2) is 24.8 Å². The summed E-state index contributed by atoms with van der Waals surface area (Å²) in [7, 11) is 1.34. The van der Waals surface area contributed by atoms with Crippen molar-refractivity contribution < 1.29 is 19.1 Å². The topological polar surface area (TPSA) is 75.7 Å². The second-order valence-corrected chi connectivity index (χ2v) is 9.11. The third-order valence-corrected chi connectivity index (χ3v) is 6.98. The van der Waals surface area contributed by atoms with Crippen molar-refractivity contribution in [3.63, 3.8) is 0 Å². The molecule has 0 saturated carbocycles. The number of rotatable bonds is 4. The minimum absolute atomic E-state index is 0.0151. The van der Waals surface area contributed by atoms with Gasteiger partial charge in [0.15, 0.2) is 5.78 Å². The lowest BCUT2D eigenvalue weighted by atomic mass is 9.78. The van der Waals surface area contributed by atoms with E-state index in [4.69, 9.17) is 4.74 Å². The van der Waals surface area contributed by atoms with Gasteiger partial charge in [-0.05, 0) is 47.7 Å². The van der Waals surface area contributed by atoms with Crippen LogP contribution in [0.2, 0.25) is 0 Å². The number of esters is 1. The molecule has 3 aromatic rings. The Morgan fingerprint density at radius 3 is 2.31 bits per heavy atom. The molecule has 3 aromatic carbocycles. The van der Waals surface area contributed by atoms with E-state index in [2.05, 4.69) is 17.4 Å². The standard InChI is InChI=1S/C30H28N2O4/c1-3-27(34)32-25-12-8-7-11-23(25)31-24-17-22(19-9-5-4-6-10-19)18-26(33)28(24)29(32)20-13-15-21(16-14-20)30(35)36-2/h4-16,22,29,31H,3,17-18H2,1-2H3/t22-,29+/m0/s1. The van der Waals surface area contributed by atoms with E-state index in [0.29, 0.717) is 24.0 Å². The van der Waals surface area contributed by atoms with E-state index >= 15 is 0 Å². The van der Waals surface area contributed by atoms with E-state index in [1.165, 1.54) is 7.11 Å². The Balaban J connectivity index is 1.69. The summed E-state index contributed by atoms with van der Waals surface area (Å²) < 4.78 is 4.84. The van der Waals surface area contributed by atoms with Gasteiger partial charge in [-0.2, -0.15) is 0 Å². The fraction of sp³-hybridized carbons (Fsp3) is 0.233. The molecule has 1 aliphatic carbocycles. The molecule has 1 N–H and O–H groups in total. The van der Waals surface area contributed by atoms with Gasteiger partial charge in [0.1, 0.15) is 0 Å². The van der Waals surface area contributed by atoms with Crippen molar-refractivity contribution >= 4 is 29.0 Å². The van der Waals surface area contributed by atoms with E-state index < -0.39 is 12.0 Å². The van der Waals surface area contributed by atoms with Crippen LogP contribution in [0, 0.1) is 0 Å². The van der Waals surface area contributed by atoms with Crippen molar-refractivity contribution in [2.75, 3.05) is 17.3 Å². The normalized spacial score (nSPS) is 19.1. The second-order valence-electron chi connectivity index (χ2n) is 9.11. The summed E-state index contributed by atoms with van der Waals surface area (Å²) in [6.45, 7) is 1.82. The number of nitrogens with one attached hydrogen (secondary N) is 1. The van der Waals surface area contributed by atoms with Gasteiger partial charge >= 0.3 is 5.97 Å². The highest BCUT2D eigenvalue weighted by Gasteiger charge is 2.41. The number of nitrogens with zero attached hydrogens (tertiary/aromatic N) is 1. The summed E-state index contributed by atoms with van der Waals surface area (Å²) >= 11 is 0. The van der Waals surface area contributed by atoms with Gasteiger partial charge in [0.25, 0.3) is 0 Å². The Bertz CT molecular complexity index is 1340. The number of hydrogen-bond donors (Lipinski definition) is 1. The summed E-state index contributed by atoms with van der Waals surface area (Å²) in [5.74, 6) is -0.456. The molecular weight excluding hydrogens is 452 g/mol. The minimum atomic E-state index is -0.612. The number of carbonyl (C=O) groups is 3. The van der Waals surface area contributed by atoms with Crippen LogP contribution in [0.3, 0.4) is 0 Å². The van der Waals surface area contributed by atoms with E-state index in [0.717, 1.165) is 28.2 Å². The number of carbonyl (C=O) groups excluding carboxylic acids is 3. The number of ketones is 1. The third kappa shape index (κ3) is 4.19. The van der Waals surface area contributed by atoms with E-state index in [1.807, 2.05) is 61.5 Å². The fourth-order valence-electron chi connectivity index (χ4n) is 5.23. The molecule has 182 valence electrons. The van der Waals surface area contributed by atoms with E-state index in [9.17, 15) is 14.4 Å². The van der Waals surface area contributed by atoms with Crippen molar-refractivity contribution in [2.24, 2.45) is 0 Å². The van der Waals surface area contributed by atoms with Crippen LogP contribution < -0.4 is 10.2 Å². The molecule has 0 radical (unpaired) electrons. The first kappa shape index (κ1) is 23.5. The lowest BCUT2D eigenvalue weighted by molar-refractivity contribution is -0.119. The number of ether oxygens (including phenoxy) is 1. The number of methoxy groups -OCH3 is 1. The maximum Gasteiger partial charge on any atom is 0.337 e. The molecule has 1 amide bonds. The highest BCUT2D eigenvalue weighted by atomic mass is 16.5. The second kappa shape index (κ2) is 9.82. The number of benzene rings is 3. The van der Waals surface area contributed by atoms with Crippen LogP contribution >= 0.6 is 0 Å². The Kier molecular flexibility index (Phi) is 6.42. The predicted octanol–water partition coefficient (Wildman–Crippen LogP) is 5.78. The van der Waals surface area contributed by atoms with Crippen molar-refractivity contribution in [1.29, 1.82) is 0 Å². The first-order valence-corrected chi connectivity index (χ1v) is 12.2. The van der Waals surface area contributed by atoms with Gasteiger partial charge in [0.05, 0.1) is 30.1 Å². The molecule has 6 heteroatoms. The molecule has 0 unspecified atom stereocenters. The van der Waals surface area contributed by atoms with Gasteiger partial charge in [0.2, 0.25) is 5.91 Å². The first-order valence-electron chi connectivity index (χ1n) is 12.2. The Morgan fingerprint density at radius 2 is 1.61 bits per heavy atom. The largest absolute Gasteiger partial charge is 0.465 e. The molecule has 2 aliphatic rings. The van der Waals surface area contributed by atoms with Crippen molar-refractivity contribution in [2.45, 2.75) is 38.1 Å². The van der Waals surface area contributed by atoms with E-state index in [-0.39, 0.29) is 24.0 Å². The quantitative estimate of drug-likeness (QED) is 0.479. The zero-order valence-electron chi connectivity index (χ0n) is 20.4. The number of para-hydroxylation sites is 2. The molecule has 0 aromatic heterocycles. The first-order chi connectivity index (χ1) is 17.5. The lowest BCUT2D eigenvalue weighted by Crippen LogP contribution is -2.38. The maximum atomic E-state index is 13.9. The minimum Gasteiger partial charge on any atom is -0.465 e. The number of allylic oxidation sites excluding steroid dienone is 1. The number of hydrogen-bond acceptors (Lipinski definition) is 5. The van der Waals surface area contributed by atoms with Crippen LogP contribution in [0.5, 0.6) is 0 Å². The molecule has 2 atom stereocenters. The van der Waals surface area contributed by atoms with Gasteiger partial charge in [-0.25, -0.2) is 4.79 Å². The van der Waals surface area contributed by atoms with E-state index in [1.54, 1.807) is 17.0 Å². The number of amides is 1. The monoisotopic (exact) mass is 480 g/mol. The molecule has 0 spiro atoms. The summed E-state index contributed by atoms with van der Waals surface area (Å²) in [6, 6.07) is 24.1. The van der Waals surface area contributed by atoms with Gasteiger partial charge in [-0.3, -0.25) is 14.5 Å².